The van der Waals surface area contributed by atoms with Crippen LogP contribution in [0.5, 0.6) is 0 Å². The molecule has 5 unspecified atom stereocenters. The molecule has 2 heteroatoms. The van der Waals surface area contributed by atoms with Crippen molar-refractivity contribution in [2.24, 2.45) is 40.0 Å². The molecule has 5 atom stereocenters. The van der Waals surface area contributed by atoms with Gasteiger partial charge in [0, 0.05) is 30.7 Å². The summed E-state index contributed by atoms with van der Waals surface area (Å²) >= 11 is 0. The number of nitrogens with one attached hydrogen (secondary N) is 1. The molecule has 0 saturated carbocycles. The number of allylic oxidation sites excluding steroid dienone is 6. The van der Waals surface area contributed by atoms with Gasteiger partial charge in [0.2, 0.25) is 0 Å². The minimum atomic E-state index is -0.0391. The highest BCUT2D eigenvalue weighted by Crippen LogP contribution is 2.47. The molecule has 0 aliphatic rings. The first-order valence-corrected chi connectivity index (χ1v) is 11.4. The predicted octanol–water partition coefficient (Wildman–Crippen LogP) is 7.43. The van der Waals surface area contributed by atoms with Crippen LogP contribution in [0.4, 0.5) is 0 Å². The van der Waals surface area contributed by atoms with Gasteiger partial charge in [0.05, 0.1) is 0 Å². The van der Waals surface area contributed by atoms with E-state index in [1.807, 2.05) is 13.1 Å². The molecule has 0 aromatic heterocycles. The Hall–Kier alpha value is -2.01. The lowest BCUT2D eigenvalue weighted by Gasteiger charge is -2.45. The van der Waals surface area contributed by atoms with E-state index >= 15 is 0 Å². The third-order valence-corrected chi connectivity index (χ3v) is 6.60. The van der Waals surface area contributed by atoms with Crippen molar-refractivity contribution in [2.45, 2.75) is 68.7 Å². The molecule has 1 N–H and O–H groups in total. The molecule has 0 aliphatic carbocycles. The summed E-state index contributed by atoms with van der Waals surface area (Å²) in [7, 11) is 0. The van der Waals surface area contributed by atoms with Crippen LogP contribution in [0.3, 0.4) is 0 Å². The van der Waals surface area contributed by atoms with Gasteiger partial charge in [-0.15, -0.1) is 6.42 Å². The molecule has 0 spiro atoms. The van der Waals surface area contributed by atoms with E-state index in [0.29, 0.717) is 23.7 Å². The number of nitrogens with zero attached hydrogens (tertiary/aromatic N) is 1. The molecular formula is C28H46N2. The van der Waals surface area contributed by atoms with Crippen molar-refractivity contribution in [2.75, 3.05) is 6.54 Å². The fraction of sp³-hybridized carbons (Fsp3) is 0.607. The molecule has 168 valence electrons. The van der Waals surface area contributed by atoms with Gasteiger partial charge in [-0.25, -0.2) is 0 Å². The summed E-state index contributed by atoms with van der Waals surface area (Å²) in [4.78, 5) is 4.45. The van der Waals surface area contributed by atoms with Gasteiger partial charge in [-0.05, 0) is 62.2 Å². The summed E-state index contributed by atoms with van der Waals surface area (Å²) in [5.41, 5.74) is 2.51. The van der Waals surface area contributed by atoms with Crippen LogP contribution in [0.1, 0.15) is 68.7 Å². The zero-order valence-electron chi connectivity index (χ0n) is 21.0. The zero-order chi connectivity index (χ0) is 23.3. The lowest BCUT2D eigenvalue weighted by molar-refractivity contribution is 0.147. The van der Waals surface area contributed by atoms with Gasteiger partial charge < -0.3 is 5.32 Å². The van der Waals surface area contributed by atoms with Gasteiger partial charge in [0.15, 0.2) is 0 Å². The van der Waals surface area contributed by atoms with Crippen LogP contribution in [-0.4, -0.2) is 12.8 Å². The maximum Gasteiger partial charge on any atom is 0.0347 e. The standard InChI is InChI=1S/C28H46N2/c1-12-16-18-29-19-23(9)27(20-30-22(7)8)28(11,17-13-2)24(10)26(15-4)25(14-3)21(5)6/h1,13,15-19,21,23-25,27,30H,7,14,20H2,2-6,8-11H3/b17-13-,18-16-,26-15+,29-19-. The molecule has 0 heterocycles. The molecular weight excluding hydrogens is 364 g/mol. The largest absolute Gasteiger partial charge is 0.389 e. The summed E-state index contributed by atoms with van der Waals surface area (Å²) in [6.07, 6.45) is 18.8. The third-order valence-electron chi connectivity index (χ3n) is 6.60. The van der Waals surface area contributed by atoms with Crippen LogP contribution >= 0.6 is 0 Å². The maximum atomic E-state index is 5.30. The SMILES string of the molecule is C#C/C=C\N=C/C(C)C(CNC(=C)C)C(C)(/C=C\C)C(C)/C(=C\C)C(CC)C(C)C. The van der Waals surface area contributed by atoms with Crippen LogP contribution < -0.4 is 5.32 Å². The van der Waals surface area contributed by atoms with Gasteiger partial charge in [0.1, 0.15) is 0 Å². The molecule has 0 saturated heterocycles. The van der Waals surface area contributed by atoms with Gasteiger partial charge in [-0.2, -0.15) is 0 Å². The average molecular weight is 411 g/mol. The normalized spacial score (nSPS) is 19.0. The van der Waals surface area contributed by atoms with Crippen molar-refractivity contribution in [1.29, 1.82) is 0 Å². The summed E-state index contributed by atoms with van der Waals surface area (Å²) < 4.78 is 0. The summed E-state index contributed by atoms with van der Waals surface area (Å²) in [6, 6.07) is 0. The van der Waals surface area contributed by atoms with E-state index in [1.165, 1.54) is 0 Å². The maximum absolute atomic E-state index is 5.30. The molecule has 0 amide bonds. The summed E-state index contributed by atoms with van der Waals surface area (Å²) in [5.74, 6) is 4.71. The fourth-order valence-electron chi connectivity index (χ4n) is 4.82. The van der Waals surface area contributed by atoms with E-state index in [2.05, 4.69) is 96.4 Å². The number of aliphatic imine (C=N–C) groups is 1. The molecule has 0 aliphatic heterocycles. The van der Waals surface area contributed by atoms with Gasteiger partial charge in [-0.3, -0.25) is 4.99 Å². The molecule has 0 bridgehead atoms. The van der Waals surface area contributed by atoms with E-state index in [-0.39, 0.29) is 11.3 Å². The topological polar surface area (TPSA) is 24.4 Å². The second-order valence-electron chi connectivity index (χ2n) is 9.04. The number of hydrogen-bond acceptors (Lipinski definition) is 2. The molecule has 0 radical (unpaired) electrons. The Balaban J connectivity index is 6.30. The van der Waals surface area contributed by atoms with Crippen molar-refractivity contribution in [3.8, 4) is 12.3 Å². The fourth-order valence-corrected chi connectivity index (χ4v) is 4.82. The van der Waals surface area contributed by atoms with Crippen molar-refractivity contribution >= 4 is 6.21 Å². The van der Waals surface area contributed by atoms with E-state index in [4.69, 9.17) is 6.42 Å². The first-order valence-electron chi connectivity index (χ1n) is 11.4. The Morgan fingerprint density at radius 2 is 1.87 bits per heavy atom. The molecule has 0 rings (SSSR count). The second kappa shape index (κ2) is 14.1. The van der Waals surface area contributed by atoms with Gasteiger partial charge in [0.25, 0.3) is 0 Å². The number of terminal acetylenes is 1. The van der Waals surface area contributed by atoms with E-state index in [1.54, 1.807) is 17.8 Å². The van der Waals surface area contributed by atoms with Crippen molar-refractivity contribution in [3.63, 3.8) is 0 Å². The highest BCUT2D eigenvalue weighted by Gasteiger charge is 2.42. The Kier molecular flexibility index (Phi) is 13.1. The first kappa shape index (κ1) is 28.0. The highest BCUT2D eigenvalue weighted by molar-refractivity contribution is 5.62. The van der Waals surface area contributed by atoms with Crippen LogP contribution in [0, 0.1) is 47.3 Å². The van der Waals surface area contributed by atoms with Crippen LogP contribution in [0.2, 0.25) is 0 Å². The third kappa shape index (κ3) is 8.02. The van der Waals surface area contributed by atoms with Gasteiger partial charge >= 0.3 is 0 Å². The minimum Gasteiger partial charge on any atom is -0.389 e. The van der Waals surface area contributed by atoms with Crippen molar-refractivity contribution in [3.05, 3.63) is 48.4 Å². The van der Waals surface area contributed by atoms with Crippen LogP contribution in [-0.2, 0) is 0 Å². The highest BCUT2D eigenvalue weighted by atomic mass is 14.9. The number of hydrogen-bond donors (Lipinski definition) is 1. The van der Waals surface area contributed by atoms with Crippen LogP contribution in [0.15, 0.2) is 53.3 Å². The van der Waals surface area contributed by atoms with Crippen molar-refractivity contribution < 1.29 is 0 Å². The second-order valence-corrected chi connectivity index (χ2v) is 9.04. The molecule has 2 nitrogen and oxygen atoms in total. The predicted molar refractivity (Wildman–Crippen MR) is 136 cm³/mol. The minimum absolute atomic E-state index is 0.0391. The monoisotopic (exact) mass is 410 g/mol. The Morgan fingerprint density at radius 1 is 1.23 bits per heavy atom. The summed E-state index contributed by atoms with van der Waals surface area (Å²) in [6.45, 7) is 25.3. The first-order chi connectivity index (χ1) is 14.1. The van der Waals surface area contributed by atoms with E-state index in [0.717, 1.165) is 18.7 Å². The quantitative estimate of drug-likeness (QED) is 0.190. The number of rotatable bonds is 13. The molecule has 0 aromatic rings. The Bertz CT molecular complexity index is 671. The van der Waals surface area contributed by atoms with E-state index < -0.39 is 0 Å². The lowest BCUT2D eigenvalue weighted by Crippen LogP contribution is -2.43. The smallest absolute Gasteiger partial charge is 0.0347 e. The Morgan fingerprint density at radius 3 is 2.30 bits per heavy atom. The van der Waals surface area contributed by atoms with Gasteiger partial charge in [-0.1, -0.05) is 77.8 Å². The summed E-state index contributed by atoms with van der Waals surface area (Å²) in [5, 5.41) is 3.51. The van der Waals surface area contributed by atoms with Crippen LogP contribution in [0.25, 0.3) is 0 Å². The van der Waals surface area contributed by atoms with Crippen molar-refractivity contribution in [1.82, 2.24) is 5.32 Å². The zero-order valence-corrected chi connectivity index (χ0v) is 21.0. The molecule has 0 aromatic carbocycles. The molecule has 0 fully saturated rings. The average Bonchev–Trinajstić information content (AvgIpc) is 2.68. The van der Waals surface area contributed by atoms with E-state index in [9.17, 15) is 0 Å². The lowest BCUT2D eigenvalue weighted by atomic mass is 9.60. The molecule has 30 heavy (non-hydrogen) atoms. The Labute approximate surface area is 187 Å².